The zero-order valence-corrected chi connectivity index (χ0v) is 10.3. The van der Waals surface area contributed by atoms with E-state index < -0.39 is 0 Å². The molecule has 6 nitrogen and oxygen atoms in total. The van der Waals surface area contributed by atoms with Gasteiger partial charge in [0.05, 0.1) is 0 Å². The third-order valence-corrected chi connectivity index (χ3v) is 2.07. The Morgan fingerprint density at radius 2 is 2.12 bits per heavy atom. The van der Waals surface area contributed by atoms with Crippen molar-refractivity contribution in [1.29, 1.82) is 0 Å². The number of anilines is 2. The molecule has 2 N–H and O–H groups in total. The fraction of sp³-hybridized carbons (Fsp3) is 0.545. The molecule has 1 heterocycles. The van der Waals surface area contributed by atoms with Gasteiger partial charge in [-0.2, -0.15) is 4.98 Å². The molecule has 0 fully saturated rings. The summed E-state index contributed by atoms with van der Waals surface area (Å²) in [6.07, 6.45) is 8.44. The van der Waals surface area contributed by atoms with Crippen LogP contribution in [0.2, 0.25) is 0 Å². The standard InChI is InChI=1S/C11H18N6/c1-4-6-8-17(7-5-2)16-11-14-9-13-10(12-3)15-11/h1,9H,5-8H2,2-3H3,(H2,12,13,14,15,16). The maximum absolute atomic E-state index is 5.26. The fourth-order valence-corrected chi connectivity index (χ4v) is 1.31. The number of hydrogen-bond acceptors (Lipinski definition) is 6. The van der Waals surface area contributed by atoms with Crippen LogP contribution in [0.25, 0.3) is 0 Å². The number of rotatable bonds is 7. The fourth-order valence-electron chi connectivity index (χ4n) is 1.31. The molecule has 92 valence electrons. The Balaban J connectivity index is 2.61. The van der Waals surface area contributed by atoms with Crippen molar-refractivity contribution in [2.24, 2.45) is 0 Å². The van der Waals surface area contributed by atoms with Crippen molar-refractivity contribution >= 4 is 11.9 Å². The monoisotopic (exact) mass is 234 g/mol. The molecule has 0 aliphatic rings. The first-order valence-electron chi connectivity index (χ1n) is 5.62. The van der Waals surface area contributed by atoms with E-state index in [9.17, 15) is 0 Å². The van der Waals surface area contributed by atoms with Crippen LogP contribution in [0.15, 0.2) is 6.33 Å². The Kier molecular flexibility index (Phi) is 5.75. The minimum atomic E-state index is 0.523. The molecular weight excluding hydrogens is 216 g/mol. The third-order valence-electron chi connectivity index (χ3n) is 2.07. The number of nitrogens with one attached hydrogen (secondary N) is 2. The molecule has 1 aromatic heterocycles. The zero-order valence-electron chi connectivity index (χ0n) is 10.3. The summed E-state index contributed by atoms with van der Waals surface area (Å²) in [6, 6.07) is 0. The molecule has 0 saturated heterocycles. The lowest BCUT2D eigenvalue weighted by atomic mass is 10.4. The summed E-state index contributed by atoms with van der Waals surface area (Å²) in [5, 5.41) is 4.87. The van der Waals surface area contributed by atoms with Crippen LogP contribution < -0.4 is 10.7 Å². The van der Waals surface area contributed by atoms with Crippen LogP contribution in [0.5, 0.6) is 0 Å². The van der Waals surface area contributed by atoms with Gasteiger partial charge in [0.15, 0.2) is 0 Å². The summed E-state index contributed by atoms with van der Waals surface area (Å²) in [5.41, 5.74) is 3.12. The first-order valence-corrected chi connectivity index (χ1v) is 5.62. The van der Waals surface area contributed by atoms with Crippen LogP contribution in [0, 0.1) is 12.3 Å². The summed E-state index contributed by atoms with van der Waals surface area (Å²) in [6.45, 7) is 3.77. The van der Waals surface area contributed by atoms with Gasteiger partial charge in [0.1, 0.15) is 6.33 Å². The van der Waals surface area contributed by atoms with Gasteiger partial charge in [-0.1, -0.05) is 6.92 Å². The van der Waals surface area contributed by atoms with Gasteiger partial charge < -0.3 is 5.32 Å². The lowest BCUT2D eigenvalue weighted by Gasteiger charge is -2.21. The van der Waals surface area contributed by atoms with E-state index in [1.165, 1.54) is 6.33 Å². The van der Waals surface area contributed by atoms with Crippen LogP contribution in [0.4, 0.5) is 11.9 Å². The van der Waals surface area contributed by atoms with E-state index in [-0.39, 0.29) is 0 Å². The second kappa shape index (κ2) is 7.41. The molecule has 0 radical (unpaired) electrons. The van der Waals surface area contributed by atoms with E-state index in [4.69, 9.17) is 6.42 Å². The summed E-state index contributed by atoms with van der Waals surface area (Å²) < 4.78 is 0. The highest BCUT2D eigenvalue weighted by atomic mass is 15.5. The maximum atomic E-state index is 5.26. The molecule has 0 amide bonds. The molecule has 0 atom stereocenters. The van der Waals surface area contributed by atoms with E-state index >= 15 is 0 Å². The minimum absolute atomic E-state index is 0.523. The molecule has 6 heteroatoms. The summed E-state index contributed by atoms with van der Waals surface area (Å²) in [4.78, 5) is 12.2. The molecule has 1 aromatic rings. The van der Waals surface area contributed by atoms with Crippen molar-refractivity contribution in [3.8, 4) is 12.3 Å². The Morgan fingerprint density at radius 1 is 1.35 bits per heavy atom. The highest BCUT2D eigenvalue weighted by Gasteiger charge is 2.05. The lowest BCUT2D eigenvalue weighted by Crippen LogP contribution is -2.32. The highest BCUT2D eigenvalue weighted by molar-refractivity contribution is 5.31. The Bertz CT molecular complexity index is 372. The number of terminal acetylenes is 1. The summed E-state index contributed by atoms with van der Waals surface area (Å²) >= 11 is 0. The normalized spacial score (nSPS) is 10.0. The molecular formula is C11H18N6. The molecule has 0 aliphatic carbocycles. The van der Waals surface area contributed by atoms with Crippen LogP contribution in [0.1, 0.15) is 19.8 Å². The second-order valence-corrected chi connectivity index (χ2v) is 3.44. The predicted molar refractivity (Wildman–Crippen MR) is 68.3 cm³/mol. The van der Waals surface area contributed by atoms with Crippen LogP contribution in [-0.2, 0) is 0 Å². The first-order chi connectivity index (χ1) is 8.30. The van der Waals surface area contributed by atoms with Gasteiger partial charge in [-0.3, -0.25) is 5.43 Å². The Labute approximate surface area is 102 Å². The lowest BCUT2D eigenvalue weighted by molar-refractivity contribution is 0.334. The van der Waals surface area contributed by atoms with E-state index in [1.807, 2.05) is 5.01 Å². The molecule has 0 aliphatic heterocycles. The largest absolute Gasteiger partial charge is 0.357 e. The van der Waals surface area contributed by atoms with Gasteiger partial charge in [0.25, 0.3) is 0 Å². The van der Waals surface area contributed by atoms with Gasteiger partial charge in [0, 0.05) is 26.6 Å². The third kappa shape index (κ3) is 4.66. The molecule has 0 saturated carbocycles. The summed E-state index contributed by atoms with van der Waals surface area (Å²) in [7, 11) is 1.77. The zero-order chi connectivity index (χ0) is 12.5. The number of nitrogens with zero attached hydrogens (tertiary/aromatic N) is 4. The smallest absolute Gasteiger partial charge is 0.242 e. The molecule has 0 spiro atoms. The minimum Gasteiger partial charge on any atom is -0.357 e. The molecule has 1 rings (SSSR count). The number of hydrogen-bond donors (Lipinski definition) is 2. The van der Waals surface area contributed by atoms with Crippen molar-refractivity contribution in [3.63, 3.8) is 0 Å². The van der Waals surface area contributed by atoms with Crippen LogP contribution in [-0.4, -0.2) is 40.1 Å². The first kappa shape index (κ1) is 13.2. The van der Waals surface area contributed by atoms with Gasteiger partial charge >= 0.3 is 0 Å². The number of aromatic nitrogens is 3. The quantitative estimate of drug-likeness (QED) is 0.541. The van der Waals surface area contributed by atoms with Gasteiger partial charge in [-0.15, -0.1) is 12.3 Å². The van der Waals surface area contributed by atoms with E-state index in [0.29, 0.717) is 18.3 Å². The van der Waals surface area contributed by atoms with E-state index in [2.05, 4.69) is 38.5 Å². The highest BCUT2D eigenvalue weighted by Crippen LogP contribution is 2.03. The average Bonchev–Trinajstić information content (AvgIpc) is 2.36. The van der Waals surface area contributed by atoms with Gasteiger partial charge in [0.2, 0.25) is 11.9 Å². The van der Waals surface area contributed by atoms with Crippen molar-refractivity contribution in [2.75, 3.05) is 30.9 Å². The SMILES string of the molecule is C#CCCN(CCC)Nc1ncnc(NC)n1. The molecule has 0 bridgehead atoms. The van der Waals surface area contributed by atoms with Crippen molar-refractivity contribution in [3.05, 3.63) is 6.33 Å². The van der Waals surface area contributed by atoms with Gasteiger partial charge in [-0.25, -0.2) is 15.0 Å². The molecule has 0 unspecified atom stereocenters. The predicted octanol–water partition coefficient (Wildman–Crippen LogP) is 0.975. The van der Waals surface area contributed by atoms with Crippen molar-refractivity contribution in [1.82, 2.24) is 20.0 Å². The van der Waals surface area contributed by atoms with E-state index in [0.717, 1.165) is 19.5 Å². The van der Waals surface area contributed by atoms with Crippen molar-refractivity contribution in [2.45, 2.75) is 19.8 Å². The van der Waals surface area contributed by atoms with Gasteiger partial charge in [-0.05, 0) is 6.42 Å². The Hall–Kier alpha value is -1.87. The van der Waals surface area contributed by atoms with Crippen LogP contribution >= 0.6 is 0 Å². The Morgan fingerprint density at radius 3 is 2.76 bits per heavy atom. The summed E-state index contributed by atoms with van der Waals surface area (Å²) in [5.74, 6) is 3.68. The number of hydrazine groups is 1. The molecule has 17 heavy (non-hydrogen) atoms. The van der Waals surface area contributed by atoms with Crippen LogP contribution in [0.3, 0.4) is 0 Å². The average molecular weight is 234 g/mol. The van der Waals surface area contributed by atoms with Crippen molar-refractivity contribution < 1.29 is 0 Å². The van der Waals surface area contributed by atoms with E-state index in [1.54, 1.807) is 7.05 Å². The second-order valence-electron chi connectivity index (χ2n) is 3.44. The topological polar surface area (TPSA) is 66.0 Å². The molecule has 0 aromatic carbocycles. The maximum Gasteiger partial charge on any atom is 0.242 e.